The molecule has 6 nitrogen and oxygen atoms in total. The summed E-state index contributed by atoms with van der Waals surface area (Å²) >= 11 is 0. The summed E-state index contributed by atoms with van der Waals surface area (Å²) in [7, 11) is 1.71. The van der Waals surface area contributed by atoms with Gasteiger partial charge in [-0.2, -0.15) is 0 Å². The summed E-state index contributed by atoms with van der Waals surface area (Å²) in [5.74, 6) is 1.94. The van der Waals surface area contributed by atoms with Gasteiger partial charge in [0.25, 0.3) is 0 Å². The number of furan rings is 1. The van der Waals surface area contributed by atoms with Crippen molar-refractivity contribution in [3.05, 3.63) is 24.2 Å². The highest BCUT2D eigenvalue weighted by atomic mass is 127. The number of rotatable bonds is 10. The standard InChI is InChI=1S/C17H30N4O2.HI/c1-4-6-8-14(5-2)11-20-17(18-3)21-13-16(22)19-12-15-9-7-10-23-15;/h7,9-10,14H,4-6,8,11-13H2,1-3H3,(H,19,22)(H2,18,20,21);1H. The summed E-state index contributed by atoms with van der Waals surface area (Å²) < 4.78 is 5.17. The van der Waals surface area contributed by atoms with E-state index in [1.165, 1.54) is 19.3 Å². The normalized spacial score (nSPS) is 12.2. The highest BCUT2D eigenvalue weighted by Crippen LogP contribution is 2.10. The number of amides is 1. The molecule has 0 aliphatic carbocycles. The third-order valence-corrected chi connectivity index (χ3v) is 3.78. The molecule has 138 valence electrons. The molecule has 1 unspecified atom stereocenters. The molecule has 0 aliphatic heterocycles. The summed E-state index contributed by atoms with van der Waals surface area (Å²) in [6.45, 7) is 5.88. The number of hydrogen-bond acceptors (Lipinski definition) is 3. The number of nitrogens with zero attached hydrogens (tertiary/aromatic N) is 1. The molecule has 0 saturated heterocycles. The number of unbranched alkanes of at least 4 members (excludes halogenated alkanes) is 1. The van der Waals surface area contributed by atoms with E-state index >= 15 is 0 Å². The van der Waals surface area contributed by atoms with Gasteiger partial charge in [0.1, 0.15) is 5.76 Å². The van der Waals surface area contributed by atoms with Gasteiger partial charge in [-0.25, -0.2) is 0 Å². The van der Waals surface area contributed by atoms with Gasteiger partial charge >= 0.3 is 0 Å². The summed E-state index contributed by atoms with van der Waals surface area (Å²) in [4.78, 5) is 15.9. The number of nitrogens with one attached hydrogen (secondary N) is 3. The minimum atomic E-state index is -0.0950. The zero-order valence-corrected chi connectivity index (χ0v) is 17.3. The van der Waals surface area contributed by atoms with Crippen LogP contribution >= 0.6 is 24.0 Å². The van der Waals surface area contributed by atoms with Gasteiger partial charge in [-0.15, -0.1) is 24.0 Å². The Bertz CT molecular complexity index is 463. The van der Waals surface area contributed by atoms with E-state index in [1.807, 2.05) is 6.07 Å². The van der Waals surface area contributed by atoms with E-state index in [4.69, 9.17) is 4.42 Å². The molecule has 0 spiro atoms. The largest absolute Gasteiger partial charge is 0.467 e. The van der Waals surface area contributed by atoms with E-state index in [0.717, 1.165) is 18.7 Å². The van der Waals surface area contributed by atoms with Gasteiger partial charge in [-0.05, 0) is 24.5 Å². The monoisotopic (exact) mass is 450 g/mol. The Morgan fingerprint density at radius 2 is 2.08 bits per heavy atom. The van der Waals surface area contributed by atoms with Crippen LogP contribution in [-0.4, -0.2) is 32.0 Å². The lowest BCUT2D eigenvalue weighted by Crippen LogP contribution is -2.44. The maximum Gasteiger partial charge on any atom is 0.239 e. The predicted octanol–water partition coefficient (Wildman–Crippen LogP) is 2.90. The van der Waals surface area contributed by atoms with Crippen LogP contribution in [0.3, 0.4) is 0 Å². The van der Waals surface area contributed by atoms with Crippen LogP contribution in [0.4, 0.5) is 0 Å². The van der Waals surface area contributed by atoms with Crippen molar-refractivity contribution in [1.82, 2.24) is 16.0 Å². The molecular formula is C17H31IN4O2. The third-order valence-electron chi connectivity index (χ3n) is 3.78. The fourth-order valence-electron chi connectivity index (χ4n) is 2.23. The number of hydrogen-bond donors (Lipinski definition) is 3. The van der Waals surface area contributed by atoms with Crippen molar-refractivity contribution < 1.29 is 9.21 Å². The first-order chi connectivity index (χ1) is 11.2. The first-order valence-corrected chi connectivity index (χ1v) is 8.43. The lowest BCUT2D eigenvalue weighted by Gasteiger charge is -2.17. The number of carbonyl (C=O) groups is 1. The van der Waals surface area contributed by atoms with Crippen LogP contribution in [0.2, 0.25) is 0 Å². The molecule has 1 atom stereocenters. The Kier molecular flexibility index (Phi) is 13.4. The van der Waals surface area contributed by atoms with Crippen LogP contribution in [0.15, 0.2) is 27.8 Å². The maximum absolute atomic E-state index is 11.8. The van der Waals surface area contributed by atoms with Crippen LogP contribution in [0.25, 0.3) is 0 Å². The van der Waals surface area contributed by atoms with E-state index in [9.17, 15) is 4.79 Å². The Balaban J connectivity index is 0.00000529. The molecule has 0 radical (unpaired) electrons. The second kappa shape index (κ2) is 14.1. The van der Waals surface area contributed by atoms with E-state index in [2.05, 4.69) is 34.8 Å². The summed E-state index contributed by atoms with van der Waals surface area (Å²) in [6, 6.07) is 3.63. The molecule has 0 bridgehead atoms. The van der Waals surface area contributed by atoms with Gasteiger partial charge in [0.2, 0.25) is 5.91 Å². The molecular weight excluding hydrogens is 419 g/mol. The fourth-order valence-corrected chi connectivity index (χ4v) is 2.23. The van der Waals surface area contributed by atoms with E-state index in [1.54, 1.807) is 19.4 Å². The van der Waals surface area contributed by atoms with Crippen LogP contribution in [-0.2, 0) is 11.3 Å². The average molecular weight is 450 g/mol. The fraction of sp³-hybridized carbons (Fsp3) is 0.647. The van der Waals surface area contributed by atoms with Crippen LogP contribution in [0.5, 0.6) is 0 Å². The van der Waals surface area contributed by atoms with Gasteiger partial charge in [-0.1, -0.05) is 33.1 Å². The molecule has 7 heteroatoms. The Labute approximate surface area is 162 Å². The second-order valence-corrected chi connectivity index (χ2v) is 5.58. The smallest absolute Gasteiger partial charge is 0.239 e. The molecule has 24 heavy (non-hydrogen) atoms. The second-order valence-electron chi connectivity index (χ2n) is 5.58. The van der Waals surface area contributed by atoms with Crippen molar-refractivity contribution >= 4 is 35.8 Å². The molecule has 1 aromatic heterocycles. The van der Waals surface area contributed by atoms with Crippen molar-refractivity contribution in [2.75, 3.05) is 20.1 Å². The SMILES string of the molecule is CCCCC(CC)CNC(=NC)NCC(=O)NCc1ccco1.I. The molecule has 0 aliphatic rings. The van der Waals surface area contributed by atoms with Crippen LogP contribution in [0.1, 0.15) is 45.3 Å². The highest BCUT2D eigenvalue weighted by molar-refractivity contribution is 14.0. The minimum absolute atomic E-state index is 0. The van der Waals surface area contributed by atoms with Crippen molar-refractivity contribution in [3.63, 3.8) is 0 Å². The highest BCUT2D eigenvalue weighted by Gasteiger charge is 2.08. The third kappa shape index (κ3) is 9.79. The van der Waals surface area contributed by atoms with E-state index < -0.39 is 0 Å². The molecule has 3 N–H and O–H groups in total. The Morgan fingerprint density at radius 3 is 2.67 bits per heavy atom. The zero-order chi connectivity index (χ0) is 16.9. The van der Waals surface area contributed by atoms with E-state index in [0.29, 0.717) is 18.4 Å². The van der Waals surface area contributed by atoms with Gasteiger partial charge in [0.15, 0.2) is 5.96 Å². The molecule has 0 saturated carbocycles. The molecule has 0 fully saturated rings. The summed E-state index contributed by atoms with van der Waals surface area (Å²) in [5.41, 5.74) is 0. The number of carbonyl (C=O) groups excluding carboxylic acids is 1. The topological polar surface area (TPSA) is 78.7 Å². The van der Waals surface area contributed by atoms with Crippen LogP contribution < -0.4 is 16.0 Å². The van der Waals surface area contributed by atoms with Crippen molar-refractivity contribution in [3.8, 4) is 0 Å². The lowest BCUT2D eigenvalue weighted by atomic mass is 9.99. The average Bonchev–Trinajstić information content (AvgIpc) is 3.09. The molecule has 0 aromatic carbocycles. The lowest BCUT2D eigenvalue weighted by molar-refractivity contribution is -0.120. The van der Waals surface area contributed by atoms with E-state index in [-0.39, 0.29) is 36.4 Å². The van der Waals surface area contributed by atoms with Crippen molar-refractivity contribution in [1.29, 1.82) is 0 Å². The molecule has 1 heterocycles. The number of halogens is 1. The van der Waals surface area contributed by atoms with Crippen molar-refractivity contribution in [2.45, 2.75) is 46.1 Å². The molecule has 1 aromatic rings. The quantitative estimate of drug-likeness (QED) is 0.291. The van der Waals surface area contributed by atoms with Crippen LogP contribution in [0, 0.1) is 5.92 Å². The van der Waals surface area contributed by atoms with Gasteiger partial charge in [0, 0.05) is 13.6 Å². The Morgan fingerprint density at radius 1 is 1.29 bits per heavy atom. The molecule has 1 amide bonds. The van der Waals surface area contributed by atoms with Gasteiger partial charge in [0.05, 0.1) is 19.4 Å². The number of aliphatic imine (C=N–C) groups is 1. The first-order valence-electron chi connectivity index (χ1n) is 8.43. The summed E-state index contributed by atoms with van der Waals surface area (Å²) in [5, 5.41) is 9.12. The maximum atomic E-state index is 11.8. The Hall–Kier alpha value is -1.25. The predicted molar refractivity (Wildman–Crippen MR) is 109 cm³/mol. The zero-order valence-electron chi connectivity index (χ0n) is 14.9. The van der Waals surface area contributed by atoms with Gasteiger partial charge in [-0.3, -0.25) is 9.79 Å². The van der Waals surface area contributed by atoms with Crippen molar-refractivity contribution in [2.24, 2.45) is 10.9 Å². The number of guanidine groups is 1. The van der Waals surface area contributed by atoms with Gasteiger partial charge < -0.3 is 20.4 Å². The summed E-state index contributed by atoms with van der Waals surface area (Å²) in [6.07, 6.45) is 6.43. The minimum Gasteiger partial charge on any atom is -0.467 e. The molecule has 1 rings (SSSR count). The first kappa shape index (κ1) is 22.8.